The van der Waals surface area contributed by atoms with Crippen molar-refractivity contribution in [3.8, 4) is 11.8 Å². The van der Waals surface area contributed by atoms with Crippen molar-refractivity contribution >= 4 is 51.7 Å². The summed E-state index contributed by atoms with van der Waals surface area (Å²) >= 11 is 18.8. The maximum Gasteiger partial charge on any atom is 0.185 e. The van der Waals surface area contributed by atoms with Gasteiger partial charge >= 0.3 is 0 Å². The van der Waals surface area contributed by atoms with Crippen molar-refractivity contribution in [3.63, 3.8) is 0 Å². The molecule has 0 heterocycles. The quantitative estimate of drug-likeness (QED) is 0.449. The number of carbonyl (C=O) groups is 1. The summed E-state index contributed by atoms with van der Waals surface area (Å²) in [6.07, 6.45) is 0.641. The number of benzene rings is 1. The second kappa shape index (κ2) is 7.18. The number of thioether (sulfide) groups is 1. The van der Waals surface area contributed by atoms with Crippen molar-refractivity contribution < 1.29 is 4.79 Å². The second-order valence-electron chi connectivity index (χ2n) is 3.15. The highest BCUT2D eigenvalue weighted by Gasteiger charge is 2.03. The Morgan fingerprint density at radius 1 is 1.29 bits per heavy atom. The van der Waals surface area contributed by atoms with Gasteiger partial charge in [-0.25, -0.2) is 0 Å². The van der Waals surface area contributed by atoms with Gasteiger partial charge in [0.2, 0.25) is 0 Å². The summed E-state index contributed by atoms with van der Waals surface area (Å²) in [5.41, 5.74) is 0.720. The largest absolute Gasteiger partial charge is 0.288 e. The Balaban J connectivity index is 2.63. The van der Waals surface area contributed by atoms with Crippen molar-refractivity contribution in [1.29, 1.82) is 0 Å². The van der Waals surface area contributed by atoms with Gasteiger partial charge in [0.15, 0.2) is 5.12 Å². The molecule has 0 aliphatic heterocycles. The molecular weight excluding hydrogens is 299 g/mol. The molecule has 90 valence electrons. The standard InChI is InChI=1S/C12H9Cl3OS/c1-8(16)17-5-3-2-4-9-6-10(13)12(15)11(14)7-9/h6-7H,3,5H2,1H3. The van der Waals surface area contributed by atoms with Gasteiger partial charge in [-0.1, -0.05) is 58.4 Å². The van der Waals surface area contributed by atoms with Crippen molar-refractivity contribution in [2.24, 2.45) is 0 Å². The minimum atomic E-state index is 0.101. The van der Waals surface area contributed by atoms with Gasteiger partial charge in [0.05, 0.1) is 15.1 Å². The van der Waals surface area contributed by atoms with Crippen LogP contribution in [-0.2, 0) is 4.79 Å². The van der Waals surface area contributed by atoms with Crippen molar-refractivity contribution in [1.82, 2.24) is 0 Å². The van der Waals surface area contributed by atoms with Crippen LogP contribution in [0.5, 0.6) is 0 Å². The SMILES string of the molecule is CC(=O)SCCC#Cc1cc(Cl)c(Cl)c(Cl)c1. The maximum atomic E-state index is 10.7. The normalized spacial score (nSPS) is 9.65. The van der Waals surface area contributed by atoms with Crippen LogP contribution in [0.3, 0.4) is 0 Å². The molecular formula is C12H9Cl3OS. The molecule has 0 radical (unpaired) electrons. The van der Waals surface area contributed by atoms with E-state index in [1.807, 2.05) is 0 Å². The van der Waals surface area contributed by atoms with E-state index in [4.69, 9.17) is 34.8 Å². The number of carbonyl (C=O) groups excluding carboxylic acids is 1. The minimum Gasteiger partial charge on any atom is -0.288 e. The second-order valence-corrected chi connectivity index (χ2v) is 5.61. The average molecular weight is 308 g/mol. The average Bonchev–Trinajstić information content (AvgIpc) is 2.25. The minimum absolute atomic E-state index is 0.101. The van der Waals surface area contributed by atoms with E-state index in [0.29, 0.717) is 27.2 Å². The van der Waals surface area contributed by atoms with Gasteiger partial charge in [0, 0.05) is 24.7 Å². The Morgan fingerprint density at radius 2 is 1.88 bits per heavy atom. The van der Waals surface area contributed by atoms with Gasteiger partial charge in [0.25, 0.3) is 0 Å². The molecule has 0 saturated heterocycles. The molecule has 0 aromatic heterocycles. The monoisotopic (exact) mass is 306 g/mol. The molecule has 0 N–H and O–H groups in total. The van der Waals surface area contributed by atoms with E-state index in [1.165, 1.54) is 18.7 Å². The fourth-order valence-electron chi connectivity index (χ4n) is 1.04. The summed E-state index contributed by atoms with van der Waals surface area (Å²) in [6, 6.07) is 3.34. The van der Waals surface area contributed by atoms with E-state index < -0.39 is 0 Å². The Morgan fingerprint density at radius 3 is 2.41 bits per heavy atom. The van der Waals surface area contributed by atoms with E-state index in [9.17, 15) is 4.79 Å². The van der Waals surface area contributed by atoms with E-state index in [2.05, 4.69) is 11.8 Å². The Labute approximate surface area is 120 Å². The fourth-order valence-corrected chi connectivity index (χ4v) is 2.13. The molecule has 0 unspecified atom stereocenters. The number of hydrogen-bond acceptors (Lipinski definition) is 2. The van der Waals surface area contributed by atoms with E-state index in [-0.39, 0.29) is 5.12 Å². The smallest absolute Gasteiger partial charge is 0.185 e. The lowest BCUT2D eigenvalue weighted by molar-refractivity contribution is -0.109. The Hall–Kier alpha value is -0.330. The number of hydrogen-bond donors (Lipinski definition) is 0. The molecule has 0 atom stereocenters. The van der Waals surface area contributed by atoms with Crippen molar-refractivity contribution in [3.05, 3.63) is 32.8 Å². The zero-order chi connectivity index (χ0) is 12.8. The molecule has 5 heteroatoms. The molecule has 0 aliphatic rings. The van der Waals surface area contributed by atoms with Crippen LogP contribution in [0.15, 0.2) is 12.1 Å². The highest BCUT2D eigenvalue weighted by molar-refractivity contribution is 8.13. The lowest BCUT2D eigenvalue weighted by Crippen LogP contribution is -1.84. The van der Waals surface area contributed by atoms with Crippen LogP contribution in [0, 0.1) is 11.8 Å². The van der Waals surface area contributed by atoms with Crippen LogP contribution >= 0.6 is 46.6 Å². The lowest BCUT2D eigenvalue weighted by atomic mass is 10.2. The fraction of sp³-hybridized carbons (Fsp3) is 0.250. The molecule has 0 aliphatic carbocycles. The zero-order valence-electron chi connectivity index (χ0n) is 9.02. The maximum absolute atomic E-state index is 10.7. The molecule has 1 aromatic rings. The van der Waals surface area contributed by atoms with Gasteiger partial charge < -0.3 is 0 Å². The molecule has 0 amide bonds. The molecule has 0 spiro atoms. The predicted molar refractivity (Wildman–Crippen MR) is 76.1 cm³/mol. The third-order valence-electron chi connectivity index (χ3n) is 1.75. The Kier molecular flexibility index (Phi) is 6.22. The van der Waals surface area contributed by atoms with E-state index in [0.717, 1.165) is 5.56 Å². The Bertz CT molecular complexity index is 465. The lowest BCUT2D eigenvalue weighted by Gasteiger charge is -1.99. The third-order valence-corrected chi connectivity index (χ3v) is 3.76. The molecule has 1 aromatic carbocycles. The summed E-state index contributed by atoms with van der Waals surface area (Å²) in [5, 5.41) is 1.22. The molecule has 0 saturated carbocycles. The van der Waals surface area contributed by atoms with Gasteiger partial charge in [-0.05, 0) is 12.1 Å². The number of halogens is 3. The summed E-state index contributed by atoms with van der Waals surface area (Å²) in [5.74, 6) is 6.56. The van der Waals surface area contributed by atoms with Crippen LogP contribution in [0.4, 0.5) is 0 Å². The summed E-state index contributed by atoms with van der Waals surface area (Å²) < 4.78 is 0. The van der Waals surface area contributed by atoms with Gasteiger partial charge in [0.1, 0.15) is 0 Å². The van der Waals surface area contributed by atoms with Crippen LogP contribution in [-0.4, -0.2) is 10.9 Å². The summed E-state index contributed by atoms with van der Waals surface area (Å²) in [6.45, 7) is 1.54. The first kappa shape index (κ1) is 14.7. The number of rotatable bonds is 2. The van der Waals surface area contributed by atoms with Crippen LogP contribution in [0.2, 0.25) is 15.1 Å². The first-order valence-electron chi connectivity index (χ1n) is 4.77. The van der Waals surface area contributed by atoms with Crippen molar-refractivity contribution in [2.45, 2.75) is 13.3 Å². The molecule has 1 nitrogen and oxygen atoms in total. The molecule has 0 bridgehead atoms. The van der Waals surface area contributed by atoms with Gasteiger partial charge in [-0.2, -0.15) is 0 Å². The highest BCUT2D eigenvalue weighted by Crippen LogP contribution is 2.30. The zero-order valence-corrected chi connectivity index (χ0v) is 12.1. The molecule has 17 heavy (non-hydrogen) atoms. The summed E-state index contributed by atoms with van der Waals surface area (Å²) in [7, 11) is 0. The van der Waals surface area contributed by atoms with E-state index >= 15 is 0 Å². The third kappa shape index (κ3) is 5.23. The highest BCUT2D eigenvalue weighted by atomic mass is 35.5. The van der Waals surface area contributed by atoms with Crippen molar-refractivity contribution in [2.75, 3.05) is 5.75 Å². The molecule has 1 rings (SSSR count). The van der Waals surface area contributed by atoms with E-state index in [1.54, 1.807) is 12.1 Å². The first-order valence-corrected chi connectivity index (χ1v) is 6.89. The first-order chi connectivity index (χ1) is 8.00. The van der Waals surface area contributed by atoms with Crippen LogP contribution in [0.1, 0.15) is 18.9 Å². The van der Waals surface area contributed by atoms with Crippen LogP contribution < -0.4 is 0 Å². The topological polar surface area (TPSA) is 17.1 Å². The molecule has 0 fully saturated rings. The van der Waals surface area contributed by atoms with Gasteiger partial charge in [-0.15, -0.1) is 0 Å². The van der Waals surface area contributed by atoms with Gasteiger partial charge in [-0.3, -0.25) is 4.79 Å². The predicted octanol–water partition coefficient (Wildman–Crippen LogP) is 4.67. The summed E-state index contributed by atoms with van der Waals surface area (Å²) in [4.78, 5) is 10.7. The van der Waals surface area contributed by atoms with Crippen LogP contribution in [0.25, 0.3) is 0 Å².